The predicted molar refractivity (Wildman–Crippen MR) is 86.5 cm³/mol. The molecule has 1 saturated heterocycles. The molecule has 1 heterocycles. The molecule has 0 bridgehead atoms. The van der Waals surface area contributed by atoms with E-state index in [1.807, 2.05) is 29.2 Å². The normalized spacial score (nSPS) is 22.6. The molecule has 1 aromatic carbocycles. The maximum absolute atomic E-state index is 12.3. The number of hydrogen-bond acceptors (Lipinski definition) is 2. The van der Waals surface area contributed by atoms with Gasteiger partial charge in [0.05, 0.1) is 5.92 Å². The lowest BCUT2D eigenvalue weighted by Gasteiger charge is -2.32. The summed E-state index contributed by atoms with van der Waals surface area (Å²) >= 11 is 3.40. The number of amides is 1. The molecular formula is C17H20BrNO3. The van der Waals surface area contributed by atoms with Gasteiger partial charge in [-0.2, -0.15) is 0 Å². The molecule has 5 heteroatoms. The van der Waals surface area contributed by atoms with Crippen molar-refractivity contribution in [2.24, 2.45) is 11.3 Å². The number of nitrogens with zero attached hydrogens (tertiary/aromatic N) is 1. The lowest BCUT2D eigenvalue weighted by Crippen LogP contribution is -2.40. The Hall–Kier alpha value is -1.36. The topological polar surface area (TPSA) is 57.6 Å². The van der Waals surface area contributed by atoms with Crippen molar-refractivity contribution in [2.75, 3.05) is 13.1 Å². The molecule has 4 nitrogen and oxygen atoms in total. The summed E-state index contributed by atoms with van der Waals surface area (Å²) in [6.45, 7) is 1.42. The summed E-state index contributed by atoms with van der Waals surface area (Å²) in [6, 6.07) is 8.04. The Morgan fingerprint density at radius 3 is 2.41 bits per heavy atom. The van der Waals surface area contributed by atoms with Crippen molar-refractivity contribution < 1.29 is 14.7 Å². The fourth-order valence-corrected chi connectivity index (χ4v) is 3.78. The number of carboxylic acid groups (broad SMARTS) is 1. The van der Waals surface area contributed by atoms with Crippen LogP contribution in [0.2, 0.25) is 0 Å². The highest BCUT2D eigenvalue weighted by molar-refractivity contribution is 9.10. The Bertz CT molecular complexity index is 576. The van der Waals surface area contributed by atoms with Crippen LogP contribution in [0.4, 0.5) is 0 Å². The highest BCUT2D eigenvalue weighted by Crippen LogP contribution is 2.59. The number of rotatable bonds is 4. The highest BCUT2D eigenvalue weighted by Gasteiger charge is 2.59. The molecule has 2 aliphatic rings. The summed E-state index contributed by atoms with van der Waals surface area (Å²) in [5, 5.41) is 9.09. The van der Waals surface area contributed by atoms with E-state index in [0.29, 0.717) is 19.5 Å². The Balaban J connectivity index is 1.46. The molecular weight excluding hydrogens is 346 g/mol. The molecule has 1 atom stereocenters. The number of piperidine rings is 1. The molecule has 0 radical (unpaired) electrons. The Labute approximate surface area is 138 Å². The van der Waals surface area contributed by atoms with Crippen molar-refractivity contribution >= 4 is 27.8 Å². The maximum atomic E-state index is 12.3. The van der Waals surface area contributed by atoms with Crippen molar-refractivity contribution in [2.45, 2.75) is 32.1 Å². The quantitative estimate of drug-likeness (QED) is 0.891. The number of hydrogen-bond donors (Lipinski definition) is 1. The summed E-state index contributed by atoms with van der Waals surface area (Å²) in [7, 11) is 0. The first-order chi connectivity index (χ1) is 10.5. The third kappa shape index (κ3) is 3.19. The lowest BCUT2D eigenvalue weighted by atomic mass is 9.90. The van der Waals surface area contributed by atoms with Crippen molar-refractivity contribution in [3.8, 4) is 0 Å². The highest BCUT2D eigenvalue weighted by atomic mass is 79.9. The molecule has 1 N–H and O–H groups in total. The summed E-state index contributed by atoms with van der Waals surface area (Å²) in [5.74, 6) is -0.659. The SMILES string of the molecule is O=C(O)C1CC12CCN(C(=O)CCc1ccc(Br)cc1)CC2. The van der Waals surface area contributed by atoms with Gasteiger partial charge in [-0.25, -0.2) is 0 Å². The molecule has 1 aliphatic heterocycles. The van der Waals surface area contributed by atoms with Crippen molar-refractivity contribution in [1.29, 1.82) is 0 Å². The van der Waals surface area contributed by atoms with Crippen LogP contribution >= 0.6 is 15.9 Å². The van der Waals surface area contributed by atoms with E-state index in [4.69, 9.17) is 5.11 Å². The fourth-order valence-electron chi connectivity index (χ4n) is 3.51. The number of halogens is 1. The van der Waals surface area contributed by atoms with E-state index in [0.717, 1.165) is 35.7 Å². The second-order valence-corrected chi connectivity index (χ2v) is 7.38. The zero-order valence-electron chi connectivity index (χ0n) is 12.4. The van der Waals surface area contributed by atoms with Crippen molar-refractivity contribution in [3.05, 3.63) is 34.3 Å². The Morgan fingerprint density at radius 1 is 1.23 bits per heavy atom. The van der Waals surface area contributed by atoms with Gasteiger partial charge in [-0.1, -0.05) is 28.1 Å². The monoisotopic (exact) mass is 365 g/mol. The third-order valence-electron chi connectivity index (χ3n) is 5.14. The van der Waals surface area contributed by atoms with Crippen molar-refractivity contribution in [1.82, 2.24) is 4.90 Å². The van der Waals surface area contributed by atoms with Gasteiger partial charge in [-0.15, -0.1) is 0 Å². The number of carbonyl (C=O) groups is 2. The van der Waals surface area contributed by atoms with Gasteiger partial charge < -0.3 is 10.0 Å². The first-order valence-electron chi connectivity index (χ1n) is 7.75. The molecule has 1 saturated carbocycles. The predicted octanol–water partition coefficient (Wildman–Crippen LogP) is 3.10. The molecule has 118 valence electrons. The molecule has 1 aliphatic carbocycles. The number of benzene rings is 1. The summed E-state index contributed by atoms with van der Waals surface area (Å²) in [5.41, 5.74) is 1.16. The Kier molecular flexibility index (Phi) is 4.26. The van der Waals surface area contributed by atoms with Gasteiger partial charge in [-0.05, 0) is 48.8 Å². The minimum atomic E-state index is -0.671. The van der Waals surface area contributed by atoms with Gasteiger partial charge in [0.1, 0.15) is 0 Å². The van der Waals surface area contributed by atoms with E-state index >= 15 is 0 Å². The molecule has 1 unspecified atom stereocenters. The van der Waals surface area contributed by atoms with Gasteiger partial charge in [0.15, 0.2) is 0 Å². The van der Waals surface area contributed by atoms with Crippen molar-refractivity contribution in [3.63, 3.8) is 0 Å². The molecule has 1 aromatic rings. The number of aliphatic carboxylic acids is 1. The number of carbonyl (C=O) groups excluding carboxylic acids is 1. The van der Waals surface area contributed by atoms with Crippen LogP contribution in [0, 0.1) is 11.3 Å². The zero-order chi connectivity index (χ0) is 15.7. The summed E-state index contributed by atoms with van der Waals surface area (Å²) in [4.78, 5) is 25.2. The second kappa shape index (κ2) is 6.03. The van der Waals surface area contributed by atoms with Gasteiger partial charge in [0, 0.05) is 24.0 Å². The molecule has 3 rings (SSSR count). The van der Waals surface area contributed by atoms with E-state index in [-0.39, 0.29) is 17.2 Å². The van der Waals surface area contributed by atoms with Gasteiger partial charge >= 0.3 is 5.97 Å². The van der Waals surface area contributed by atoms with Crippen LogP contribution in [-0.4, -0.2) is 35.0 Å². The van der Waals surface area contributed by atoms with Gasteiger partial charge in [-0.3, -0.25) is 9.59 Å². The van der Waals surface area contributed by atoms with Gasteiger partial charge in [0.2, 0.25) is 5.91 Å². The molecule has 1 amide bonds. The molecule has 0 aromatic heterocycles. The van der Waals surface area contributed by atoms with Gasteiger partial charge in [0.25, 0.3) is 0 Å². The number of carboxylic acids is 1. The van der Waals surface area contributed by atoms with Crippen LogP contribution in [0.15, 0.2) is 28.7 Å². The van der Waals surface area contributed by atoms with Crippen LogP contribution in [0.5, 0.6) is 0 Å². The van der Waals surface area contributed by atoms with Crippen LogP contribution in [0.25, 0.3) is 0 Å². The number of likely N-dealkylation sites (tertiary alicyclic amines) is 1. The minimum absolute atomic E-state index is 0.00563. The van der Waals surface area contributed by atoms with Crippen LogP contribution in [-0.2, 0) is 16.0 Å². The first kappa shape index (κ1) is 15.5. The van der Waals surface area contributed by atoms with E-state index < -0.39 is 5.97 Å². The molecule has 22 heavy (non-hydrogen) atoms. The molecule has 1 spiro atoms. The lowest BCUT2D eigenvalue weighted by molar-refractivity contribution is -0.139. The average Bonchev–Trinajstić information content (AvgIpc) is 3.21. The van der Waals surface area contributed by atoms with Crippen LogP contribution in [0.1, 0.15) is 31.2 Å². The Morgan fingerprint density at radius 2 is 1.86 bits per heavy atom. The summed E-state index contributed by atoms with van der Waals surface area (Å²) < 4.78 is 1.04. The number of aryl methyl sites for hydroxylation is 1. The zero-order valence-corrected chi connectivity index (χ0v) is 14.0. The van der Waals surface area contributed by atoms with E-state index in [9.17, 15) is 9.59 Å². The second-order valence-electron chi connectivity index (χ2n) is 6.46. The van der Waals surface area contributed by atoms with E-state index in [1.54, 1.807) is 0 Å². The van der Waals surface area contributed by atoms with E-state index in [2.05, 4.69) is 15.9 Å². The third-order valence-corrected chi connectivity index (χ3v) is 5.67. The first-order valence-corrected chi connectivity index (χ1v) is 8.54. The summed E-state index contributed by atoms with van der Waals surface area (Å²) in [6.07, 6.45) is 3.76. The fraction of sp³-hybridized carbons (Fsp3) is 0.529. The van der Waals surface area contributed by atoms with E-state index in [1.165, 1.54) is 0 Å². The minimum Gasteiger partial charge on any atom is -0.481 e. The maximum Gasteiger partial charge on any atom is 0.307 e. The smallest absolute Gasteiger partial charge is 0.307 e. The largest absolute Gasteiger partial charge is 0.481 e. The van der Waals surface area contributed by atoms with Crippen LogP contribution in [0.3, 0.4) is 0 Å². The van der Waals surface area contributed by atoms with Crippen LogP contribution < -0.4 is 0 Å². The average molecular weight is 366 g/mol. The standard InChI is InChI=1S/C17H20BrNO3/c18-13-4-1-12(2-5-13)3-6-15(20)19-9-7-17(8-10-19)11-14(17)16(21)22/h1-2,4-5,14H,3,6-11H2,(H,21,22). The molecule has 2 fully saturated rings.